The maximum absolute atomic E-state index is 14.3. The van der Waals surface area contributed by atoms with E-state index in [4.69, 9.17) is 0 Å². The molecule has 0 fully saturated rings. The zero-order chi connectivity index (χ0) is 26.4. The Balaban J connectivity index is 2.11. The summed E-state index contributed by atoms with van der Waals surface area (Å²) in [6.07, 6.45) is -11.3. The lowest BCUT2D eigenvalue weighted by Gasteiger charge is -2.08. The van der Waals surface area contributed by atoms with Gasteiger partial charge in [0.25, 0.3) is 0 Å². The third-order valence-electron chi connectivity index (χ3n) is 4.72. The monoisotopic (exact) mass is 528 g/mol. The van der Waals surface area contributed by atoms with Crippen molar-refractivity contribution < 1.29 is 61.5 Å². The summed E-state index contributed by atoms with van der Waals surface area (Å²) in [4.78, 5) is 0. The van der Waals surface area contributed by atoms with Crippen molar-refractivity contribution in [2.75, 3.05) is 0 Å². The summed E-state index contributed by atoms with van der Waals surface area (Å²) in [5.41, 5.74) is -8.35. The van der Waals surface area contributed by atoms with Crippen molar-refractivity contribution in [3.63, 3.8) is 0 Å². The maximum atomic E-state index is 14.3. The zero-order valence-corrected chi connectivity index (χ0v) is 15.8. The van der Waals surface area contributed by atoms with Crippen LogP contribution in [0, 0.1) is 46.5 Å². The van der Waals surface area contributed by atoms with Crippen LogP contribution in [0.25, 0.3) is 21.8 Å². The van der Waals surface area contributed by atoms with Crippen molar-refractivity contribution >= 4 is 21.8 Å². The minimum absolute atomic E-state index is 0.399. The molecule has 0 bridgehead atoms. The topological polar surface area (TPSA) is 35.6 Å². The number of hydrogen-bond donors (Lipinski definition) is 0. The summed E-state index contributed by atoms with van der Waals surface area (Å²) >= 11 is 0. The van der Waals surface area contributed by atoms with E-state index in [0.29, 0.717) is 0 Å². The summed E-state index contributed by atoms with van der Waals surface area (Å²) < 4.78 is 190. The van der Waals surface area contributed by atoms with Crippen LogP contribution in [0.15, 0.2) is 0 Å². The van der Waals surface area contributed by atoms with Gasteiger partial charge in [-0.2, -0.15) is 36.5 Å². The standard InChI is InChI=1S/C17H2F14N4/c18-4-2-12(10(24)8(22)6(4)20)34(32-14(2)16(26,27)28)1-35-13-3(15(33-35)17(29,30)31)5(19)7(21)9(23)11(13)25/h1H2. The molecule has 0 unspecified atom stereocenters. The third-order valence-corrected chi connectivity index (χ3v) is 4.72. The van der Waals surface area contributed by atoms with E-state index in [1.807, 2.05) is 0 Å². The largest absolute Gasteiger partial charge is 0.435 e. The first-order valence-electron chi connectivity index (χ1n) is 8.57. The number of benzene rings is 2. The molecule has 0 saturated carbocycles. The first-order chi connectivity index (χ1) is 16.0. The van der Waals surface area contributed by atoms with Crippen LogP contribution in [0.4, 0.5) is 61.5 Å². The van der Waals surface area contributed by atoms with Crippen molar-refractivity contribution in [1.29, 1.82) is 0 Å². The Labute approximate surface area is 180 Å². The summed E-state index contributed by atoms with van der Waals surface area (Å²) in [5.74, 6) is -20.8. The molecule has 4 nitrogen and oxygen atoms in total. The second kappa shape index (κ2) is 7.45. The van der Waals surface area contributed by atoms with E-state index in [1.54, 1.807) is 0 Å². The maximum Gasteiger partial charge on any atom is 0.435 e. The van der Waals surface area contributed by atoms with Crippen LogP contribution in [0.3, 0.4) is 0 Å². The summed E-state index contributed by atoms with van der Waals surface area (Å²) in [5, 5.41) is 1.37. The Morgan fingerprint density at radius 1 is 0.457 bits per heavy atom. The number of nitrogens with zero attached hydrogens (tertiary/aromatic N) is 4. The van der Waals surface area contributed by atoms with Gasteiger partial charge in [-0.3, -0.25) is 0 Å². The number of alkyl halides is 6. The van der Waals surface area contributed by atoms with Crippen LogP contribution < -0.4 is 0 Å². The summed E-state index contributed by atoms with van der Waals surface area (Å²) in [7, 11) is 0. The van der Waals surface area contributed by atoms with Crippen LogP contribution in [0.1, 0.15) is 11.4 Å². The molecule has 2 aromatic heterocycles. The van der Waals surface area contributed by atoms with Crippen molar-refractivity contribution in [2.45, 2.75) is 19.0 Å². The van der Waals surface area contributed by atoms with E-state index in [0.717, 1.165) is 0 Å². The first-order valence-corrected chi connectivity index (χ1v) is 8.57. The second-order valence-electron chi connectivity index (χ2n) is 6.79. The number of fused-ring (bicyclic) bond motifs is 2. The van der Waals surface area contributed by atoms with E-state index < -0.39 is 108 Å². The zero-order valence-electron chi connectivity index (χ0n) is 15.8. The Bertz CT molecular complexity index is 1410. The molecule has 2 heterocycles. The molecule has 2 aromatic carbocycles. The van der Waals surface area contributed by atoms with Crippen LogP contribution in [-0.4, -0.2) is 19.6 Å². The van der Waals surface area contributed by atoms with Crippen molar-refractivity contribution in [2.24, 2.45) is 0 Å². The molecule has 0 aliphatic rings. The SMILES string of the molecule is Fc1c(F)c(F)c2c(c(C(F)(F)F)nn2Cn2nc(C(F)(F)F)c3c(F)c(F)c(F)c(F)c32)c1F. The lowest BCUT2D eigenvalue weighted by atomic mass is 10.1. The number of halogens is 14. The fourth-order valence-corrected chi connectivity index (χ4v) is 3.33. The van der Waals surface area contributed by atoms with Crippen molar-refractivity contribution in [1.82, 2.24) is 19.6 Å². The van der Waals surface area contributed by atoms with Crippen molar-refractivity contribution in [3.05, 3.63) is 57.9 Å². The smallest absolute Gasteiger partial charge is 0.239 e. The number of rotatable bonds is 2. The lowest BCUT2D eigenvalue weighted by molar-refractivity contribution is -0.140. The summed E-state index contributed by atoms with van der Waals surface area (Å²) in [6, 6.07) is 0. The van der Waals surface area contributed by atoms with E-state index >= 15 is 0 Å². The molecule has 4 rings (SSSR count). The minimum Gasteiger partial charge on any atom is -0.239 e. The van der Waals surface area contributed by atoms with Crippen molar-refractivity contribution in [3.8, 4) is 0 Å². The number of hydrogen-bond acceptors (Lipinski definition) is 2. The lowest BCUT2D eigenvalue weighted by Crippen LogP contribution is -2.15. The van der Waals surface area contributed by atoms with Gasteiger partial charge in [0.05, 0.1) is 10.8 Å². The van der Waals surface area contributed by atoms with Crippen LogP contribution >= 0.6 is 0 Å². The van der Waals surface area contributed by atoms with E-state index in [1.165, 1.54) is 0 Å². The Morgan fingerprint density at radius 3 is 1.03 bits per heavy atom. The van der Waals surface area contributed by atoms with Gasteiger partial charge in [-0.05, 0) is 0 Å². The predicted octanol–water partition coefficient (Wildman–Crippen LogP) is 6.04. The van der Waals surface area contributed by atoms with Gasteiger partial charge < -0.3 is 0 Å². The average Bonchev–Trinajstić information content (AvgIpc) is 3.33. The predicted molar refractivity (Wildman–Crippen MR) is 84.5 cm³/mol. The molecule has 0 spiro atoms. The van der Waals surface area contributed by atoms with Gasteiger partial charge in [-0.25, -0.2) is 44.5 Å². The number of aromatic nitrogens is 4. The molecule has 0 amide bonds. The highest BCUT2D eigenvalue weighted by Gasteiger charge is 2.43. The molecule has 0 aliphatic carbocycles. The molecule has 4 aromatic rings. The molecule has 0 atom stereocenters. The van der Waals surface area contributed by atoms with Gasteiger partial charge in [0.2, 0.25) is 0 Å². The highest BCUT2D eigenvalue weighted by Crippen LogP contribution is 2.40. The second-order valence-corrected chi connectivity index (χ2v) is 6.79. The Kier molecular flexibility index (Phi) is 5.22. The van der Waals surface area contributed by atoms with Crippen LogP contribution in [-0.2, 0) is 19.0 Å². The molecular formula is C17H2F14N4. The fourth-order valence-electron chi connectivity index (χ4n) is 3.33. The van der Waals surface area contributed by atoms with Gasteiger partial charge in [0.15, 0.2) is 57.9 Å². The molecule has 0 saturated heterocycles. The molecule has 18 heteroatoms. The average molecular weight is 528 g/mol. The summed E-state index contributed by atoms with van der Waals surface area (Å²) in [6.45, 7) is -1.79. The molecule has 0 radical (unpaired) electrons. The van der Waals surface area contributed by atoms with Gasteiger partial charge in [-0.1, -0.05) is 0 Å². The normalized spacial score (nSPS) is 13.0. The van der Waals surface area contributed by atoms with Crippen LogP contribution in [0.5, 0.6) is 0 Å². The molecule has 0 aliphatic heterocycles. The van der Waals surface area contributed by atoms with Gasteiger partial charge in [0, 0.05) is 0 Å². The molecule has 0 N–H and O–H groups in total. The quantitative estimate of drug-likeness (QED) is 0.181. The van der Waals surface area contributed by atoms with E-state index in [-0.39, 0.29) is 0 Å². The molecule has 35 heavy (non-hydrogen) atoms. The highest BCUT2D eigenvalue weighted by atomic mass is 19.4. The molecule has 188 valence electrons. The van der Waals surface area contributed by atoms with E-state index in [2.05, 4.69) is 10.2 Å². The van der Waals surface area contributed by atoms with Gasteiger partial charge >= 0.3 is 12.4 Å². The molecular weight excluding hydrogens is 526 g/mol. The Hall–Kier alpha value is -3.60. The van der Waals surface area contributed by atoms with Gasteiger partial charge in [-0.15, -0.1) is 0 Å². The highest BCUT2D eigenvalue weighted by molar-refractivity contribution is 5.85. The van der Waals surface area contributed by atoms with Gasteiger partial charge in [0.1, 0.15) is 17.7 Å². The fraction of sp³-hybridized carbons (Fsp3) is 0.176. The van der Waals surface area contributed by atoms with E-state index in [9.17, 15) is 61.5 Å². The minimum atomic E-state index is -5.67. The first kappa shape index (κ1) is 24.5. The Morgan fingerprint density at radius 2 is 0.743 bits per heavy atom. The third kappa shape index (κ3) is 3.44. The van der Waals surface area contributed by atoms with Crippen LogP contribution in [0.2, 0.25) is 0 Å².